The Hall–Kier alpha value is -2.16. The normalized spacial score (nSPS) is 17.2. The second kappa shape index (κ2) is 26.6. The van der Waals surface area contributed by atoms with Crippen molar-refractivity contribution in [2.45, 2.75) is 148 Å². The van der Waals surface area contributed by atoms with Crippen LogP contribution in [0.5, 0.6) is 0 Å². The van der Waals surface area contributed by atoms with Crippen LogP contribution in [-0.2, 0) is 33.9 Å². The molecule has 0 aromatic carbocycles. The van der Waals surface area contributed by atoms with Gasteiger partial charge in [0.05, 0.1) is 31.5 Å². The Morgan fingerprint density at radius 1 is 0.898 bits per heavy atom. The number of ether oxygens (including phenoxy) is 3. The van der Waals surface area contributed by atoms with Gasteiger partial charge in [0.25, 0.3) is 5.97 Å². The summed E-state index contributed by atoms with van der Waals surface area (Å²) in [6, 6.07) is 0. The van der Waals surface area contributed by atoms with E-state index in [-0.39, 0.29) is 13.0 Å². The van der Waals surface area contributed by atoms with Gasteiger partial charge in [-0.25, -0.2) is 0 Å². The number of allylic oxidation sites excluding steroid dienone is 1. The predicted octanol–water partition coefficient (Wildman–Crippen LogP) is 8.75. The highest BCUT2D eigenvalue weighted by Gasteiger charge is 2.68. The van der Waals surface area contributed by atoms with Gasteiger partial charge >= 0.3 is 39.5 Å². The molecule has 3 atom stereocenters. The van der Waals surface area contributed by atoms with Gasteiger partial charge in [-0.05, 0) is 32.6 Å². The summed E-state index contributed by atoms with van der Waals surface area (Å²) >= 11 is 0. The van der Waals surface area contributed by atoms with Crippen LogP contribution in [0.15, 0.2) is 12.7 Å². The van der Waals surface area contributed by atoms with Crippen molar-refractivity contribution in [1.82, 2.24) is 0 Å². The molecule has 2 aliphatic heterocycles. The van der Waals surface area contributed by atoms with Crippen molar-refractivity contribution in [3.05, 3.63) is 12.7 Å². The summed E-state index contributed by atoms with van der Waals surface area (Å²) in [4.78, 5) is 18.6. The topological polar surface area (TPSA) is 163 Å². The first-order valence-corrected chi connectivity index (χ1v) is 16.7. The standard InChI is InChI=1S/C8H14F4O4S.C5H5F5O.C5H10O.C5H10.C4H8O2.C2H4O2/c1-3-4-5-6(2)16-7(9,10)8(11,12)17(13,14)15;6-4(7,5(8,9)10)1-3-2-11-3;1-2-3-5-4-6-5;1-3-5-4-2;1-2-3-4(5)6;1-2(3)4/h6H,3-5H2,1-2H3,(H,13,14,15);3H,1-2H2;5H,2-4H2,1H3;3H,1,4-5H2,2H3;2-3H2,1H3,(H,5,6);1H3,(H,3,4). The van der Waals surface area contributed by atoms with Crippen LogP contribution in [0.4, 0.5) is 39.5 Å². The maximum atomic E-state index is 12.9. The second-order valence-corrected chi connectivity index (χ2v) is 11.9. The molecule has 3 N–H and O–H groups in total. The molecule has 20 heteroatoms. The maximum Gasteiger partial charge on any atom is 0.459 e. The highest BCUT2D eigenvalue weighted by molar-refractivity contribution is 7.86. The van der Waals surface area contributed by atoms with Crippen molar-refractivity contribution in [2.24, 2.45) is 0 Å². The molecule has 2 heterocycles. The second-order valence-electron chi connectivity index (χ2n) is 10.4. The van der Waals surface area contributed by atoms with Gasteiger partial charge in [-0.2, -0.15) is 47.9 Å². The van der Waals surface area contributed by atoms with Crippen LogP contribution in [0.2, 0.25) is 0 Å². The van der Waals surface area contributed by atoms with Gasteiger partial charge in [0.1, 0.15) is 0 Å². The first kappa shape index (κ1) is 53.6. The molecule has 296 valence electrons. The zero-order valence-electron chi connectivity index (χ0n) is 28.5. The summed E-state index contributed by atoms with van der Waals surface area (Å²) in [6.07, 6.45) is -4.43. The van der Waals surface area contributed by atoms with Gasteiger partial charge in [-0.1, -0.05) is 59.5 Å². The minimum absolute atomic E-state index is 0.00562. The Morgan fingerprint density at radius 3 is 1.55 bits per heavy atom. The van der Waals surface area contributed by atoms with Crippen molar-refractivity contribution in [3.63, 3.8) is 0 Å². The van der Waals surface area contributed by atoms with Crippen LogP contribution in [0.25, 0.3) is 0 Å². The molecule has 49 heavy (non-hydrogen) atoms. The van der Waals surface area contributed by atoms with Gasteiger partial charge in [0.15, 0.2) is 0 Å². The fourth-order valence-electron chi connectivity index (χ4n) is 2.58. The molecule has 0 aromatic rings. The number of aliphatic carboxylic acids is 2. The quantitative estimate of drug-likeness (QED) is 0.0636. The third kappa shape index (κ3) is 31.6. The average Bonchev–Trinajstić information content (AvgIpc) is 3.85. The highest BCUT2D eigenvalue weighted by Crippen LogP contribution is 2.41. The summed E-state index contributed by atoms with van der Waals surface area (Å²) in [6.45, 7) is 14.7. The number of hydrogen-bond acceptors (Lipinski definition) is 7. The number of alkyl halides is 9. The summed E-state index contributed by atoms with van der Waals surface area (Å²) in [7, 11) is -6.23. The third-order valence-electron chi connectivity index (χ3n) is 5.25. The zero-order valence-corrected chi connectivity index (χ0v) is 29.3. The summed E-state index contributed by atoms with van der Waals surface area (Å²) in [5, 5.41) is 9.66. The molecule has 0 radical (unpaired) electrons. The SMILES string of the molecule is C=CCCC.CC(=O)O.CCCC(=O)O.CCCC1CO1.CCCCC(C)OC(F)(F)C(F)(F)S(=O)(=O)O.FC(F)(F)C(F)(F)CC1CO1. The minimum atomic E-state index is -6.23. The summed E-state index contributed by atoms with van der Waals surface area (Å²) in [5.74, 6) is -6.15. The largest absolute Gasteiger partial charge is 0.481 e. The molecular formula is C29H51F9O10S. The van der Waals surface area contributed by atoms with Gasteiger partial charge in [-0.15, -0.1) is 6.58 Å². The van der Waals surface area contributed by atoms with E-state index in [0.29, 0.717) is 25.4 Å². The van der Waals surface area contributed by atoms with Crippen molar-refractivity contribution in [2.75, 3.05) is 13.2 Å². The Bertz CT molecular complexity index is 984. The molecule has 2 fully saturated rings. The Balaban J connectivity index is -0.000000271. The van der Waals surface area contributed by atoms with Crippen LogP contribution in [0.1, 0.15) is 106 Å². The first-order chi connectivity index (χ1) is 22.1. The Labute approximate surface area is 282 Å². The molecule has 0 aliphatic carbocycles. The number of halogens is 9. The molecule has 0 saturated carbocycles. The van der Waals surface area contributed by atoms with Gasteiger partial charge in [-0.3, -0.25) is 14.1 Å². The first-order valence-electron chi connectivity index (χ1n) is 15.2. The number of unbranched alkanes of at least 4 members (excludes halogenated alkanes) is 2. The number of epoxide rings is 2. The molecule has 10 nitrogen and oxygen atoms in total. The van der Waals surface area contributed by atoms with Crippen LogP contribution in [0, 0.1) is 0 Å². The number of rotatable bonds is 15. The molecule has 2 aliphatic rings. The van der Waals surface area contributed by atoms with E-state index in [0.717, 1.165) is 33.3 Å². The van der Waals surface area contributed by atoms with Crippen molar-refractivity contribution in [3.8, 4) is 0 Å². The molecule has 0 amide bonds. The fourth-order valence-corrected chi connectivity index (χ4v) is 2.93. The predicted molar refractivity (Wildman–Crippen MR) is 162 cm³/mol. The van der Waals surface area contributed by atoms with E-state index >= 15 is 0 Å². The third-order valence-corrected chi connectivity index (χ3v) is 6.13. The van der Waals surface area contributed by atoms with E-state index in [2.05, 4.69) is 29.9 Å². The van der Waals surface area contributed by atoms with E-state index < -0.39 is 64.1 Å². The monoisotopic (exact) mass is 762 g/mol. The lowest BCUT2D eigenvalue weighted by Crippen LogP contribution is -2.49. The molecular weight excluding hydrogens is 711 g/mol. The van der Waals surface area contributed by atoms with Crippen molar-refractivity contribution in [1.29, 1.82) is 0 Å². The molecule has 0 spiro atoms. The van der Waals surface area contributed by atoms with E-state index in [4.69, 9.17) is 24.3 Å². The Kier molecular flexibility index (Phi) is 29.1. The summed E-state index contributed by atoms with van der Waals surface area (Å²) < 4.78 is 151. The van der Waals surface area contributed by atoms with Gasteiger partial charge in [0, 0.05) is 19.8 Å². The molecule has 0 aromatic heterocycles. The molecule has 2 rings (SSSR count). The number of carbonyl (C=O) groups is 2. The van der Waals surface area contributed by atoms with E-state index in [1.54, 1.807) is 6.92 Å². The van der Waals surface area contributed by atoms with Crippen LogP contribution in [-0.4, -0.2) is 90.1 Å². The average molecular weight is 763 g/mol. The number of carboxylic acids is 2. The van der Waals surface area contributed by atoms with E-state index in [1.807, 2.05) is 13.0 Å². The zero-order chi connectivity index (χ0) is 39.7. The summed E-state index contributed by atoms with van der Waals surface area (Å²) in [5.41, 5.74) is 0. The lowest BCUT2D eigenvalue weighted by atomic mass is 10.2. The lowest BCUT2D eigenvalue weighted by molar-refractivity contribution is -0.333. The lowest BCUT2D eigenvalue weighted by Gasteiger charge is -2.26. The molecule has 2 saturated heterocycles. The van der Waals surface area contributed by atoms with Gasteiger partial charge < -0.3 is 24.4 Å². The highest BCUT2D eigenvalue weighted by atomic mass is 32.2. The van der Waals surface area contributed by atoms with Gasteiger partial charge in [0.2, 0.25) is 0 Å². The minimum Gasteiger partial charge on any atom is -0.481 e. The van der Waals surface area contributed by atoms with Crippen molar-refractivity contribution >= 4 is 22.1 Å². The van der Waals surface area contributed by atoms with Crippen LogP contribution < -0.4 is 0 Å². The molecule has 0 bridgehead atoms. The Morgan fingerprint density at radius 2 is 1.35 bits per heavy atom. The van der Waals surface area contributed by atoms with Crippen LogP contribution >= 0.6 is 0 Å². The molecule has 3 unspecified atom stereocenters. The maximum absolute atomic E-state index is 12.9. The number of hydrogen-bond donors (Lipinski definition) is 3. The van der Waals surface area contributed by atoms with E-state index in [9.17, 15) is 52.7 Å². The smallest absolute Gasteiger partial charge is 0.459 e. The van der Waals surface area contributed by atoms with E-state index in [1.165, 1.54) is 19.3 Å². The number of carboxylic acid groups (broad SMARTS) is 2. The van der Waals surface area contributed by atoms with Crippen molar-refractivity contribution < 1.29 is 86.5 Å². The fraction of sp³-hybridized carbons (Fsp3) is 0.862. The van der Waals surface area contributed by atoms with Crippen LogP contribution in [0.3, 0.4) is 0 Å².